The Balaban J connectivity index is 1.84. The Labute approximate surface area is 136 Å². The summed E-state index contributed by atoms with van der Waals surface area (Å²) in [6, 6.07) is 7.09. The highest BCUT2D eigenvalue weighted by Gasteiger charge is 2.42. The van der Waals surface area contributed by atoms with Crippen LogP contribution in [0.5, 0.6) is 0 Å². The first-order valence-electron chi connectivity index (χ1n) is 8.21. The first kappa shape index (κ1) is 15.5. The van der Waals surface area contributed by atoms with E-state index in [1.165, 1.54) is 47.7 Å². The minimum atomic E-state index is 0.189. The van der Waals surface area contributed by atoms with Crippen LogP contribution < -0.4 is 5.32 Å². The van der Waals surface area contributed by atoms with Crippen LogP contribution in [0.3, 0.4) is 0 Å². The predicted molar refractivity (Wildman–Crippen MR) is 90.6 cm³/mol. The van der Waals surface area contributed by atoms with Crippen LogP contribution in [0.25, 0.3) is 0 Å². The van der Waals surface area contributed by atoms with Gasteiger partial charge in [-0.3, -0.25) is 0 Å². The van der Waals surface area contributed by atoms with Gasteiger partial charge in [-0.15, -0.1) is 0 Å². The number of benzene rings is 1. The van der Waals surface area contributed by atoms with Crippen LogP contribution in [0.2, 0.25) is 0 Å². The Hall–Kier alpha value is -0.380. The van der Waals surface area contributed by atoms with Gasteiger partial charge in [-0.2, -0.15) is 0 Å². The smallest absolute Gasteiger partial charge is 0.0686 e. The molecule has 1 spiro atoms. The van der Waals surface area contributed by atoms with Gasteiger partial charge >= 0.3 is 0 Å². The fourth-order valence-corrected chi connectivity index (χ4v) is 4.76. The number of aryl methyl sites for hydroxylation is 1. The van der Waals surface area contributed by atoms with Crippen LogP contribution in [0.1, 0.15) is 55.7 Å². The highest BCUT2D eigenvalue weighted by Crippen LogP contribution is 2.46. The molecular formula is C18H26BrNO. The van der Waals surface area contributed by atoms with Gasteiger partial charge in [0.2, 0.25) is 0 Å². The third-order valence-electron chi connectivity index (χ3n) is 5.31. The lowest BCUT2D eigenvalue weighted by Crippen LogP contribution is -2.41. The molecule has 21 heavy (non-hydrogen) atoms. The maximum Gasteiger partial charge on any atom is 0.0686 e. The van der Waals surface area contributed by atoms with Crippen molar-refractivity contribution < 1.29 is 4.74 Å². The number of nitrogens with one attached hydrogen (secondary N) is 1. The number of hydrogen-bond donors (Lipinski definition) is 1. The Morgan fingerprint density at radius 2 is 2.10 bits per heavy atom. The molecular weight excluding hydrogens is 326 g/mol. The third kappa shape index (κ3) is 3.20. The van der Waals surface area contributed by atoms with Crippen LogP contribution in [-0.2, 0) is 4.74 Å². The Bertz CT molecular complexity index is 496. The van der Waals surface area contributed by atoms with Gasteiger partial charge in [0, 0.05) is 17.1 Å². The second-order valence-corrected chi connectivity index (χ2v) is 7.64. The normalized spacial score (nSPS) is 26.1. The van der Waals surface area contributed by atoms with E-state index >= 15 is 0 Å². The van der Waals surface area contributed by atoms with Gasteiger partial charge in [0.1, 0.15) is 0 Å². The number of hydrogen-bond acceptors (Lipinski definition) is 2. The molecule has 3 heteroatoms. The second kappa shape index (κ2) is 6.39. The fraction of sp³-hybridized carbons (Fsp3) is 0.667. The van der Waals surface area contributed by atoms with Crippen molar-refractivity contribution in [1.82, 2.24) is 5.32 Å². The Kier molecular flexibility index (Phi) is 4.72. The van der Waals surface area contributed by atoms with E-state index in [1.54, 1.807) is 0 Å². The van der Waals surface area contributed by atoms with Gasteiger partial charge in [0.25, 0.3) is 0 Å². The summed E-state index contributed by atoms with van der Waals surface area (Å²) in [6.45, 7) is 3.09. The lowest BCUT2D eigenvalue weighted by molar-refractivity contribution is -0.0979. The van der Waals surface area contributed by atoms with Gasteiger partial charge in [-0.05, 0) is 57.2 Å². The molecule has 1 aromatic carbocycles. The van der Waals surface area contributed by atoms with Crippen molar-refractivity contribution in [2.45, 2.75) is 57.1 Å². The topological polar surface area (TPSA) is 21.3 Å². The largest absolute Gasteiger partial charge is 0.375 e. The van der Waals surface area contributed by atoms with Crippen LogP contribution in [0.15, 0.2) is 22.7 Å². The van der Waals surface area contributed by atoms with Gasteiger partial charge in [0.05, 0.1) is 5.60 Å². The predicted octanol–water partition coefficient (Wildman–Crippen LogP) is 4.76. The molecule has 1 aromatic rings. The van der Waals surface area contributed by atoms with Crippen molar-refractivity contribution in [2.75, 3.05) is 13.7 Å². The first-order chi connectivity index (χ1) is 10.1. The monoisotopic (exact) mass is 351 g/mol. The van der Waals surface area contributed by atoms with Gasteiger partial charge < -0.3 is 10.1 Å². The van der Waals surface area contributed by atoms with E-state index in [-0.39, 0.29) is 5.60 Å². The highest BCUT2D eigenvalue weighted by molar-refractivity contribution is 9.10. The van der Waals surface area contributed by atoms with Crippen molar-refractivity contribution in [2.24, 2.45) is 5.92 Å². The zero-order valence-corrected chi connectivity index (χ0v) is 14.7. The van der Waals surface area contributed by atoms with Crippen molar-refractivity contribution in [3.05, 3.63) is 33.8 Å². The molecule has 0 amide bonds. The first-order valence-corrected chi connectivity index (χ1v) is 9.00. The minimum absolute atomic E-state index is 0.189. The van der Waals surface area contributed by atoms with Gasteiger partial charge in [0.15, 0.2) is 0 Å². The van der Waals surface area contributed by atoms with E-state index in [0.717, 1.165) is 13.0 Å². The Morgan fingerprint density at radius 1 is 1.33 bits per heavy atom. The van der Waals surface area contributed by atoms with E-state index in [4.69, 9.17) is 4.74 Å². The molecule has 2 aliphatic rings. The quantitative estimate of drug-likeness (QED) is 0.847. The lowest BCUT2D eigenvalue weighted by atomic mass is 9.78. The minimum Gasteiger partial charge on any atom is -0.375 e. The highest BCUT2D eigenvalue weighted by atomic mass is 79.9. The summed E-state index contributed by atoms with van der Waals surface area (Å²) in [5.41, 5.74) is 2.92. The van der Waals surface area contributed by atoms with E-state index < -0.39 is 0 Å². The summed E-state index contributed by atoms with van der Waals surface area (Å²) in [7, 11) is 2.09. The van der Waals surface area contributed by atoms with Crippen LogP contribution in [-0.4, -0.2) is 19.3 Å². The average molecular weight is 352 g/mol. The second-order valence-electron chi connectivity index (χ2n) is 6.78. The van der Waals surface area contributed by atoms with Crippen molar-refractivity contribution >= 4 is 15.9 Å². The third-order valence-corrected chi connectivity index (χ3v) is 6.04. The SMILES string of the molecule is CNC(c1cc(C)ccc1Br)C1CCOC2(CCCC2)C1. The number of ether oxygens (including phenoxy) is 1. The average Bonchev–Trinajstić information content (AvgIpc) is 2.91. The summed E-state index contributed by atoms with van der Waals surface area (Å²) in [5, 5.41) is 3.58. The maximum absolute atomic E-state index is 6.20. The van der Waals surface area contributed by atoms with Crippen LogP contribution in [0.4, 0.5) is 0 Å². The lowest BCUT2D eigenvalue weighted by Gasteiger charge is -2.41. The zero-order chi connectivity index (χ0) is 14.9. The molecule has 1 aliphatic carbocycles. The van der Waals surface area contributed by atoms with Crippen molar-refractivity contribution in [1.29, 1.82) is 0 Å². The molecule has 0 radical (unpaired) electrons. The molecule has 3 rings (SSSR count). The number of halogens is 1. The van der Waals surface area contributed by atoms with E-state index in [9.17, 15) is 0 Å². The van der Waals surface area contributed by atoms with Crippen molar-refractivity contribution in [3.63, 3.8) is 0 Å². The van der Waals surface area contributed by atoms with Gasteiger partial charge in [-0.25, -0.2) is 0 Å². The van der Waals surface area contributed by atoms with Gasteiger partial charge in [-0.1, -0.05) is 46.5 Å². The standard InChI is InChI=1S/C18H26BrNO/c1-13-5-6-16(19)15(11-13)17(20-2)14-7-10-21-18(12-14)8-3-4-9-18/h5-6,11,14,17,20H,3-4,7-10,12H2,1-2H3. The summed E-state index contributed by atoms with van der Waals surface area (Å²) in [6.07, 6.45) is 7.56. The van der Waals surface area contributed by atoms with Crippen LogP contribution >= 0.6 is 15.9 Å². The van der Waals surface area contributed by atoms with Crippen molar-refractivity contribution in [3.8, 4) is 0 Å². The van der Waals surface area contributed by atoms with E-state index in [0.29, 0.717) is 12.0 Å². The summed E-state index contributed by atoms with van der Waals surface area (Å²) < 4.78 is 7.42. The summed E-state index contributed by atoms with van der Waals surface area (Å²) >= 11 is 3.74. The fourth-order valence-electron chi connectivity index (χ4n) is 4.26. The molecule has 2 nitrogen and oxygen atoms in total. The maximum atomic E-state index is 6.20. The molecule has 0 bridgehead atoms. The molecule has 1 heterocycles. The number of rotatable bonds is 3. The molecule has 2 atom stereocenters. The molecule has 1 saturated heterocycles. The van der Waals surface area contributed by atoms with E-state index in [1.807, 2.05) is 0 Å². The molecule has 2 unspecified atom stereocenters. The molecule has 2 fully saturated rings. The molecule has 0 aromatic heterocycles. The molecule has 1 N–H and O–H groups in total. The molecule has 1 saturated carbocycles. The van der Waals surface area contributed by atoms with E-state index in [2.05, 4.69) is 53.4 Å². The Morgan fingerprint density at radius 3 is 2.81 bits per heavy atom. The summed E-state index contributed by atoms with van der Waals surface area (Å²) in [5.74, 6) is 0.667. The van der Waals surface area contributed by atoms with Crippen LogP contribution in [0, 0.1) is 12.8 Å². The molecule has 1 aliphatic heterocycles. The zero-order valence-electron chi connectivity index (χ0n) is 13.1. The summed E-state index contributed by atoms with van der Waals surface area (Å²) in [4.78, 5) is 0. The molecule has 116 valence electrons.